The molecule has 1 unspecified atom stereocenters. The zero-order valence-corrected chi connectivity index (χ0v) is 13.4. The summed E-state index contributed by atoms with van der Waals surface area (Å²) in [7, 11) is 0. The van der Waals surface area contributed by atoms with E-state index < -0.39 is 6.36 Å². The predicted molar refractivity (Wildman–Crippen MR) is 77.7 cm³/mol. The van der Waals surface area contributed by atoms with E-state index in [1.165, 1.54) is 0 Å². The van der Waals surface area contributed by atoms with Crippen molar-refractivity contribution >= 4 is 26.8 Å². The first kappa shape index (κ1) is 15.6. The molecule has 0 amide bonds. The number of benzene rings is 1. The number of rotatable bonds is 2. The number of fused-ring (bicyclic) bond motifs is 1. The predicted octanol–water partition coefficient (Wildman–Crippen LogP) is 4.70. The number of halogens is 4. The van der Waals surface area contributed by atoms with Gasteiger partial charge in [0.05, 0.1) is 9.99 Å². The van der Waals surface area contributed by atoms with Crippen molar-refractivity contribution in [3.8, 4) is 5.75 Å². The molecule has 0 bridgehead atoms. The van der Waals surface area contributed by atoms with Crippen LogP contribution in [0.1, 0.15) is 31.1 Å². The minimum absolute atomic E-state index is 0.166. The molecule has 0 aliphatic carbocycles. The van der Waals surface area contributed by atoms with E-state index in [4.69, 9.17) is 4.74 Å². The van der Waals surface area contributed by atoms with Crippen molar-refractivity contribution in [3.63, 3.8) is 0 Å². The van der Waals surface area contributed by atoms with E-state index in [0.717, 1.165) is 19.3 Å². The molecule has 1 saturated heterocycles. The van der Waals surface area contributed by atoms with Gasteiger partial charge in [0.2, 0.25) is 0 Å². The van der Waals surface area contributed by atoms with E-state index in [1.54, 1.807) is 23.9 Å². The van der Waals surface area contributed by atoms with Crippen molar-refractivity contribution < 1.29 is 22.6 Å². The summed E-state index contributed by atoms with van der Waals surface area (Å²) in [5.41, 5.74) is 0.972. The highest BCUT2D eigenvalue weighted by molar-refractivity contribution is 9.10. The van der Waals surface area contributed by atoms with E-state index in [9.17, 15) is 13.2 Å². The minimum atomic E-state index is -4.73. The lowest BCUT2D eigenvalue weighted by Crippen LogP contribution is -2.18. The summed E-state index contributed by atoms with van der Waals surface area (Å²) in [5.74, 6) is -0.232. The van der Waals surface area contributed by atoms with Gasteiger partial charge in [0.15, 0.2) is 0 Å². The molecule has 1 aliphatic heterocycles. The second-order valence-electron chi connectivity index (χ2n) is 5.25. The number of alkyl halides is 3. The summed E-state index contributed by atoms with van der Waals surface area (Å²) in [5, 5.41) is 4.99. The van der Waals surface area contributed by atoms with Crippen LogP contribution in [0.4, 0.5) is 13.2 Å². The lowest BCUT2D eigenvalue weighted by atomic mass is 10.1. The van der Waals surface area contributed by atoms with Gasteiger partial charge in [-0.2, -0.15) is 5.10 Å². The van der Waals surface area contributed by atoms with Crippen LogP contribution in [0.25, 0.3) is 10.9 Å². The standard InChI is InChI=1S/C14H14BrF3N2O2/c1-8-6-10-9(12(15)13(8)22-14(16,17)18)7-20(19-10)11-4-2-3-5-21-11/h6-7,11H,2-5H2,1H3. The zero-order valence-electron chi connectivity index (χ0n) is 11.8. The van der Waals surface area contributed by atoms with Crippen molar-refractivity contribution in [2.24, 2.45) is 0 Å². The molecule has 3 rings (SSSR count). The van der Waals surface area contributed by atoms with Gasteiger partial charge < -0.3 is 9.47 Å². The van der Waals surface area contributed by atoms with Crippen molar-refractivity contribution in [1.82, 2.24) is 9.78 Å². The van der Waals surface area contributed by atoms with Crippen LogP contribution in [-0.2, 0) is 4.74 Å². The lowest BCUT2D eigenvalue weighted by Gasteiger charge is -2.22. The molecule has 1 atom stereocenters. The summed E-state index contributed by atoms with van der Waals surface area (Å²) < 4.78 is 49.2. The largest absolute Gasteiger partial charge is 0.573 e. The Labute approximate surface area is 133 Å². The molecule has 1 aliphatic rings. The quantitative estimate of drug-likeness (QED) is 0.759. The highest BCUT2D eigenvalue weighted by Crippen LogP contribution is 2.39. The van der Waals surface area contributed by atoms with Crippen LogP contribution in [0, 0.1) is 6.92 Å². The van der Waals surface area contributed by atoms with Gasteiger partial charge in [0.25, 0.3) is 0 Å². The Morgan fingerprint density at radius 3 is 2.82 bits per heavy atom. The Kier molecular flexibility index (Phi) is 4.07. The van der Waals surface area contributed by atoms with Crippen LogP contribution >= 0.6 is 15.9 Å². The van der Waals surface area contributed by atoms with Gasteiger partial charge in [-0.3, -0.25) is 0 Å². The van der Waals surface area contributed by atoms with Gasteiger partial charge in [-0.05, 0) is 53.7 Å². The molecule has 0 N–H and O–H groups in total. The second-order valence-corrected chi connectivity index (χ2v) is 6.04. The van der Waals surface area contributed by atoms with Crippen LogP contribution in [0.15, 0.2) is 16.7 Å². The average Bonchev–Trinajstić information content (AvgIpc) is 2.87. The number of hydrogen-bond acceptors (Lipinski definition) is 3. The number of aromatic nitrogens is 2. The average molecular weight is 379 g/mol. The van der Waals surface area contributed by atoms with Crippen LogP contribution in [0.5, 0.6) is 5.75 Å². The molecule has 1 fully saturated rings. The fourth-order valence-corrected chi connectivity index (χ4v) is 3.27. The third kappa shape index (κ3) is 3.08. The monoisotopic (exact) mass is 378 g/mol. The minimum Gasteiger partial charge on any atom is -0.404 e. The van der Waals surface area contributed by atoms with Crippen molar-refractivity contribution in [2.45, 2.75) is 38.8 Å². The molecule has 1 aromatic heterocycles. The van der Waals surface area contributed by atoms with E-state index >= 15 is 0 Å². The Morgan fingerprint density at radius 2 is 2.18 bits per heavy atom. The third-order valence-corrected chi connectivity index (χ3v) is 4.36. The van der Waals surface area contributed by atoms with Gasteiger partial charge in [-0.1, -0.05) is 0 Å². The molecular weight excluding hydrogens is 365 g/mol. The Bertz CT molecular complexity index is 693. The SMILES string of the molecule is Cc1cc2nn(C3CCCCO3)cc2c(Br)c1OC(F)(F)F. The third-order valence-electron chi connectivity index (χ3n) is 3.58. The first-order valence-electron chi connectivity index (χ1n) is 6.90. The highest BCUT2D eigenvalue weighted by Gasteiger charge is 2.33. The number of hydrogen-bond donors (Lipinski definition) is 0. The van der Waals surface area contributed by atoms with Crippen LogP contribution in [0.2, 0.25) is 0 Å². The van der Waals surface area contributed by atoms with Gasteiger partial charge >= 0.3 is 6.36 Å². The van der Waals surface area contributed by atoms with Gasteiger partial charge in [-0.25, -0.2) is 4.68 Å². The summed E-state index contributed by atoms with van der Waals surface area (Å²) in [6.07, 6.45) is -0.300. The molecule has 1 aromatic carbocycles. The molecule has 4 nitrogen and oxygen atoms in total. The van der Waals surface area contributed by atoms with Gasteiger partial charge in [0, 0.05) is 18.2 Å². The molecule has 120 valence electrons. The molecule has 0 saturated carbocycles. The Balaban J connectivity index is 2.02. The fraction of sp³-hybridized carbons (Fsp3) is 0.500. The molecule has 0 spiro atoms. The summed E-state index contributed by atoms with van der Waals surface area (Å²) >= 11 is 3.20. The maximum atomic E-state index is 12.5. The lowest BCUT2D eigenvalue weighted by molar-refractivity contribution is -0.275. The maximum absolute atomic E-state index is 12.5. The van der Waals surface area contributed by atoms with Gasteiger partial charge in [0.1, 0.15) is 12.0 Å². The van der Waals surface area contributed by atoms with Crippen LogP contribution in [-0.4, -0.2) is 22.7 Å². The Morgan fingerprint density at radius 1 is 1.41 bits per heavy atom. The molecule has 0 radical (unpaired) electrons. The van der Waals surface area contributed by atoms with Gasteiger partial charge in [-0.15, -0.1) is 13.2 Å². The second kappa shape index (κ2) is 5.73. The number of aryl methyl sites for hydroxylation is 1. The molecular formula is C14H14BrF3N2O2. The van der Waals surface area contributed by atoms with E-state index in [0.29, 0.717) is 23.1 Å². The number of ether oxygens (including phenoxy) is 2. The van der Waals surface area contributed by atoms with Crippen LogP contribution in [0.3, 0.4) is 0 Å². The smallest absolute Gasteiger partial charge is 0.404 e. The topological polar surface area (TPSA) is 36.3 Å². The first-order valence-corrected chi connectivity index (χ1v) is 7.70. The molecule has 8 heteroatoms. The summed E-state index contributed by atoms with van der Waals surface area (Å²) in [6, 6.07) is 1.58. The highest BCUT2D eigenvalue weighted by atomic mass is 79.9. The van der Waals surface area contributed by atoms with E-state index in [2.05, 4.69) is 25.8 Å². The summed E-state index contributed by atoms with van der Waals surface area (Å²) in [6.45, 7) is 2.23. The molecule has 2 aromatic rings. The number of nitrogens with zero attached hydrogens (tertiary/aromatic N) is 2. The van der Waals surface area contributed by atoms with E-state index in [1.807, 2.05) is 0 Å². The van der Waals surface area contributed by atoms with Crippen molar-refractivity contribution in [3.05, 3.63) is 22.3 Å². The molecule has 22 heavy (non-hydrogen) atoms. The van der Waals surface area contributed by atoms with Crippen molar-refractivity contribution in [2.75, 3.05) is 6.61 Å². The van der Waals surface area contributed by atoms with Crippen LogP contribution < -0.4 is 4.74 Å². The zero-order chi connectivity index (χ0) is 15.9. The summed E-state index contributed by atoms with van der Waals surface area (Å²) in [4.78, 5) is 0. The molecule has 2 heterocycles. The van der Waals surface area contributed by atoms with Crippen molar-refractivity contribution in [1.29, 1.82) is 0 Å². The Hall–Kier alpha value is -1.28. The van der Waals surface area contributed by atoms with E-state index in [-0.39, 0.29) is 16.5 Å². The fourth-order valence-electron chi connectivity index (χ4n) is 2.57. The maximum Gasteiger partial charge on any atom is 0.573 e. The first-order chi connectivity index (χ1) is 10.3. The normalized spacial score (nSPS) is 19.6.